The van der Waals surface area contributed by atoms with Crippen LogP contribution >= 0.6 is 0 Å². The highest BCUT2D eigenvalue weighted by molar-refractivity contribution is 5.70. The number of unbranched alkanes of at least 4 members (excludes halogenated alkanes) is 11. The van der Waals surface area contributed by atoms with Gasteiger partial charge in [-0.3, -0.25) is 9.88 Å². The van der Waals surface area contributed by atoms with E-state index in [4.69, 9.17) is 18.9 Å². The third-order valence-corrected chi connectivity index (χ3v) is 8.56. The minimum Gasteiger partial charge on any atom is -0.447 e. The van der Waals surface area contributed by atoms with E-state index in [2.05, 4.69) is 29.5 Å². The summed E-state index contributed by atoms with van der Waals surface area (Å²) < 4.78 is 21.8. The molecule has 2 rings (SSSR count). The molecule has 1 aromatic rings. The molecule has 3 amide bonds. The van der Waals surface area contributed by atoms with Gasteiger partial charge in [0.2, 0.25) is 0 Å². The number of likely N-dealkylation sites (tertiary alicyclic amines) is 1. The van der Waals surface area contributed by atoms with Crippen molar-refractivity contribution in [1.29, 1.82) is 0 Å². The molecule has 0 saturated carbocycles. The molecule has 1 aliphatic rings. The monoisotopic (exact) mass is 662 g/mol. The van der Waals surface area contributed by atoms with Crippen molar-refractivity contribution in [3.8, 4) is 0 Å². The Hall–Kier alpha value is -3.08. The molecule has 1 saturated heterocycles. The van der Waals surface area contributed by atoms with Crippen LogP contribution in [0.25, 0.3) is 0 Å². The van der Waals surface area contributed by atoms with Crippen molar-refractivity contribution in [3.05, 3.63) is 30.1 Å². The van der Waals surface area contributed by atoms with E-state index in [9.17, 15) is 14.4 Å². The topological polar surface area (TPSA) is 128 Å². The molecule has 2 unspecified atom stereocenters. The van der Waals surface area contributed by atoms with Crippen LogP contribution in [0.5, 0.6) is 0 Å². The predicted molar refractivity (Wildman–Crippen MR) is 183 cm³/mol. The lowest BCUT2D eigenvalue weighted by Gasteiger charge is -2.34. The van der Waals surface area contributed by atoms with Gasteiger partial charge in [-0.1, -0.05) is 103 Å². The maximum Gasteiger partial charge on any atom is 0.412 e. The summed E-state index contributed by atoms with van der Waals surface area (Å²) in [5, 5.41) is 5.68. The molecule has 47 heavy (non-hydrogen) atoms. The number of aromatic nitrogens is 1. The summed E-state index contributed by atoms with van der Waals surface area (Å²) in [6.45, 7) is 4.82. The van der Waals surface area contributed by atoms with Gasteiger partial charge >= 0.3 is 18.3 Å². The molecule has 1 aliphatic heterocycles. The van der Waals surface area contributed by atoms with Crippen LogP contribution in [-0.2, 0) is 25.5 Å². The number of methoxy groups -OCH3 is 1. The predicted octanol–water partition coefficient (Wildman–Crippen LogP) is 8.26. The molecular formula is C36H62N4O7. The van der Waals surface area contributed by atoms with Crippen molar-refractivity contribution >= 4 is 18.3 Å². The molecule has 0 bridgehead atoms. The van der Waals surface area contributed by atoms with Gasteiger partial charge in [-0.05, 0) is 37.8 Å². The molecule has 0 aromatic carbocycles. The smallest absolute Gasteiger partial charge is 0.412 e. The summed E-state index contributed by atoms with van der Waals surface area (Å²) >= 11 is 0. The van der Waals surface area contributed by atoms with Crippen LogP contribution in [0.4, 0.5) is 14.4 Å². The fourth-order valence-electron chi connectivity index (χ4n) is 5.74. The Balaban J connectivity index is 1.66. The maximum absolute atomic E-state index is 13.0. The van der Waals surface area contributed by atoms with Gasteiger partial charge in [0.15, 0.2) is 6.23 Å². The number of carbonyl (C=O) groups excluding carboxylic acids is 3. The third-order valence-electron chi connectivity index (χ3n) is 8.56. The molecule has 2 heterocycles. The number of amides is 3. The van der Waals surface area contributed by atoms with Crippen molar-refractivity contribution in [2.45, 2.75) is 154 Å². The maximum atomic E-state index is 13.0. The quantitative estimate of drug-likeness (QED) is 0.0836. The lowest BCUT2D eigenvalue weighted by molar-refractivity contribution is -0.0495. The molecule has 268 valence electrons. The number of hydrogen-bond acceptors (Lipinski definition) is 8. The van der Waals surface area contributed by atoms with E-state index in [-0.39, 0.29) is 25.8 Å². The van der Waals surface area contributed by atoms with Gasteiger partial charge in [0, 0.05) is 32.3 Å². The van der Waals surface area contributed by atoms with Crippen LogP contribution in [0.15, 0.2) is 24.4 Å². The summed E-state index contributed by atoms with van der Waals surface area (Å²) in [5.74, 6) is 0. The summed E-state index contributed by atoms with van der Waals surface area (Å²) in [6.07, 6.45) is 19.2. The SMILES string of the molecule is CCCCCCCCCCCCCCC(CCC)NC(=O)O[C@H]1CCCCN1C(=O)OCC(COC(=O)NCc1ccccn1)OC. The van der Waals surface area contributed by atoms with Crippen LogP contribution in [0.2, 0.25) is 0 Å². The number of nitrogens with one attached hydrogen (secondary N) is 2. The average molecular weight is 663 g/mol. The van der Waals surface area contributed by atoms with Gasteiger partial charge in [0.05, 0.1) is 12.2 Å². The van der Waals surface area contributed by atoms with E-state index in [0.717, 1.165) is 38.5 Å². The molecule has 2 N–H and O–H groups in total. The minimum absolute atomic E-state index is 0.0585. The number of carbonyl (C=O) groups is 3. The highest BCUT2D eigenvalue weighted by Crippen LogP contribution is 2.20. The zero-order chi connectivity index (χ0) is 34.0. The van der Waals surface area contributed by atoms with Crippen molar-refractivity contribution in [1.82, 2.24) is 20.5 Å². The highest BCUT2D eigenvalue weighted by Gasteiger charge is 2.32. The van der Waals surface area contributed by atoms with Crippen molar-refractivity contribution in [3.63, 3.8) is 0 Å². The molecule has 0 radical (unpaired) electrons. The number of rotatable bonds is 24. The summed E-state index contributed by atoms with van der Waals surface area (Å²) in [4.78, 5) is 43.5. The van der Waals surface area contributed by atoms with Crippen LogP contribution < -0.4 is 10.6 Å². The fourth-order valence-corrected chi connectivity index (χ4v) is 5.74. The third kappa shape index (κ3) is 18.7. The molecule has 1 fully saturated rings. The Kier molecular flexibility index (Phi) is 22.1. The van der Waals surface area contributed by atoms with Crippen LogP contribution in [-0.4, -0.2) is 73.4 Å². The Labute approximate surface area is 283 Å². The minimum atomic E-state index is -0.695. The van der Waals surface area contributed by atoms with Gasteiger partial charge in [-0.2, -0.15) is 0 Å². The van der Waals surface area contributed by atoms with Gasteiger partial charge < -0.3 is 29.6 Å². The number of pyridine rings is 1. The number of piperidine rings is 1. The highest BCUT2D eigenvalue weighted by atomic mass is 16.6. The first kappa shape index (κ1) is 40.1. The van der Waals surface area contributed by atoms with Gasteiger partial charge in [0.1, 0.15) is 19.3 Å². The van der Waals surface area contributed by atoms with Crippen molar-refractivity contribution in [2.75, 3.05) is 26.9 Å². The van der Waals surface area contributed by atoms with Gasteiger partial charge in [0.25, 0.3) is 0 Å². The largest absolute Gasteiger partial charge is 0.447 e. The number of nitrogens with zero attached hydrogens (tertiary/aromatic N) is 2. The molecule has 0 spiro atoms. The van der Waals surface area contributed by atoms with Crippen LogP contribution in [0.3, 0.4) is 0 Å². The number of alkyl carbamates (subject to hydrolysis) is 2. The number of hydrogen-bond donors (Lipinski definition) is 2. The van der Waals surface area contributed by atoms with E-state index >= 15 is 0 Å². The number of ether oxygens (including phenoxy) is 4. The van der Waals surface area contributed by atoms with Gasteiger partial charge in [-0.15, -0.1) is 0 Å². The second-order valence-electron chi connectivity index (χ2n) is 12.6. The lowest BCUT2D eigenvalue weighted by Crippen LogP contribution is -2.49. The van der Waals surface area contributed by atoms with Crippen molar-refractivity contribution in [2.24, 2.45) is 0 Å². The summed E-state index contributed by atoms with van der Waals surface area (Å²) in [7, 11) is 1.45. The molecule has 1 aromatic heterocycles. The zero-order valence-electron chi connectivity index (χ0n) is 29.3. The first-order valence-electron chi connectivity index (χ1n) is 18.2. The van der Waals surface area contributed by atoms with E-state index in [1.807, 2.05) is 6.07 Å². The van der Waals surface area contributed by atoms with Crippen molar-refractivity contribution < 1.29 is 33.3 Å². The standard InChI is InChI=1S/C36H62N4O7/c1-4-6-7-8-9-10-11-12-13-14-15-16-22-30(21-5-2)39-35(42)47-33-24-18-20-26-40(33)36(43)46-29-32(44-3)28-45-34(41)38-27-31-23-17-19-25-37-31/h17,19,23,25,30,32-33H,4-16,18,20-22,24,26-29H2,1-3H3,(H,38,41)(H,39,42)/t30?,32?,33-/m0/s1. The molecule has 11 nitrogen and oxygen atoms in total. The van der Waals surface area contributed by atoms with E-state index in [1.165, 1.54) is 82.6 Å². The Morgan fingerprint density at radius 2 is 1.53 bits per heavy atom. The normalized spacial score (nSPS) is 15.8. The van der Waals surface area contributed by atoms with E-state index in [0.29, 0.717) is 18.7 Å². The second-order valence-corrected chi connectivity index (χ2v) is 12.6. The Morgan fingerprint density at radius 1 is 0.851 bits per heavy atom. The first-order valence-corrected chi connectivity index (χ1v) is 18.2. The second kappa shape index (κ2) is 25.9. The van der Waals surface area contributed by atoms with E-state index < -0.39 is 30.6 Å². The average Bonchev–Trinajstić information content (AvgIpc) is 3.08. The Bertz CT molecular complexity index is 968. The molecule has 3 atom stereocenters. The lowest BCUT2D eigenvalue weighted by atomic mass is 10.0. The molecule has 0 aliphatic carbocycles. The zero-order valence-corrected chi connectivity index (χ0v) is 29.3. The van der Waals surface area contributed by atoms with Crippen LogP contribution in [0.1, 0.15) is 135 Å². The first-order chi connectivity index (χ1) is 23.0. The Morgan fingerprint density at radius 3 is 2.17 bits per heavy atom. The summed E-state index contributed by atoms with van der Waals surface area (Å²) in [6, 6.07) is 5.48. The van der Waals surface area contributed by atoms with Crippen LogP contribution in [0, 0.1) is 0 Å². The fraction of sp³-hybridized carbons (Fsp3) is 0.778. The van der Waals surface area contributed by atoms with Gasteiger partial charge in [-0.25, -0.2) is 14.4 Å². The summed E-state index contributed by atoms with van der Waals surface area (Å²) in [5.41, 5.74) is 0.703. The van der Waals surface area contributed by atoms with E-state index in [1.54, 1.807) is 18.3 Å². The molecule has 11 heteroatoms. The molecular weight excluding hydrogens is 600 g/mol.